The second kappa shape index (κ2) is 15.7. The second-order valence-electron chi connectivity index (χ2n) is 9.10. The molecule has 0 aliphatic carbocycles. The van der Waals surface area contributed by atoms with Gasteiger partial charge in [-0.15, -0.1) is 0 Å². The van der Waals surface area contributed by atoms with Gasteiger partial charge in [0.05, 0.1) is 18.5 Å². The number of phosphoric ester groups is 1. The van der Waals surface area contributed by atoms with Gasteiger partial charge in [-0.2, -0.15) is 0 Å². The number of hydrogen-bond acceptors (Lipinski definition) is 9. The lowest BCUT2D eigenvalue weighted by Crippen LogP contribution is -2.57. The fourth-order valence-electron chi connectivity index (χ4n) is 3.26. The van der Waals surface area contributed by atoms with Crippen LogP contribution in [0, 0.1) is 5.92 Å². The van der Waals surface area contributed by atoms with Gasteiger partial charge in [0.15, 0.2) is 0 Å². The van der Waals surface area contributed by atoms with Crippen molar-refractivity contribution in [3.05, 3.63) is 29.8 Å². The molecular weight excluding hydrogens is 555 g/mol. The summed E-state index contributed by atoms with van der Waals surface area (Å²) in [6, 6.07) is -0.158. The summed E-state index contributed by atoms with van der Waals surface area (Å²) in [5, 5.41) is 25.0. The molecule has 9 N–H and O–H groups in total. The largest absolute Gasteiger partial charge is 0.524 e. The van der Waals surface area contributed by atoms with Gasteiger partial charge in [-0.25, -0.2) is 4.57 Å². The highest BCUT2D eigenvalue weighted by Gasteiger charge is 2.30. The van der Waals surface area contributed by atoms with Gasteiger partial charge in [-0.1, -0.05) is 26.0 Å². The lowest BCUT2D eigenvalue weighted by molar-refractivity contribution is -0.140. The molecule has 222 valence electrons. The van der Waals surface area contributed by atoms with Gasteiger partial charge in [-0.05, 0) is 30.0 Å². The molecule has 1 aromatic carbocycles. The van der Waals surface area contributed by atoms with Gasteiger partial charge in [0.1, 0.15) is 24.1 Å². The molecule has 40 heavy (non-hydrogen) atoms. The molecule has 0 saturated heterocycles. The number of phosphoric acid groups is 1. The molecule has 17 heteroatoms. The molecule has 0 aliphatic rings. The summed E-state index contributed by atoms with van der Waals surface area (Å²) in [6.45, 7) is 3.34. The van der Waals surface area contributed by atoms with Crippen LogP contribution >= 0.6 is 7.82 Å². The molecular formula is C23H33N4O12P. The van der Waals surface area contributed by atoms with Crippen LogP contribution in [0.1, 0.15) is 38.7 Å². The first kappa shape index (κ1) is 34.2. The van der Waals surface area contributed by atoms with Crippen molar-refractivity contribution < 1.29 is 57.9 Å². The summed E-state index contributed by atoms with van der Waals surface area (Å²) in [7, 11) is -4.82. The Balaban J connectivity index is 3.22. The highest BCUT2D eigenvalue weighted by molar-refractivity contribution is 7.46. The molecule has 0 aromatic heterocycles. The Morgan fingerprint density at radius 2 is 1.48 bits per heavy atom. The first-order valence-electron chi connectivity index (χ1n) is 11.9. The molecule has 1 rings (SSSR count). The van der Waals surface area contributed by atoms with Crippen LogP contribution in [0.5, 0.6) is 5.75 Å². The Labute approximate surface area is 228 Å². The normalized spacial score (nSPS) is 14.2. The lowest BCUT2D eigenvalue weighted by atomic mass is 10.0. The third-order valence-electron chi connectivity index (χ3n) is 5.41. The minimum absolute atomic E-state index is 0.169. The quantitative estimate of drug-likeness (QED) is 0.0775. The molecule has 0 aliphatic heterocycles. The Bertz CT molecular complexity index is 1120. The van der Waals surface area contributed by atoms with E-state index in [1.54, 1.807) is 13.8 Å². The first-order valence-corrected chi connectivity index (χ1v) is 13.4. The van der Waals surface area contributed by atoms with Gasteiger partial charge < -0.3 is 41.2 Å². The van der Waals surface area contributed by atoms with E-state index in [-0.39, 0.29) is 18.1 Å². The van der Waals surface area contributed by atoms with Crippen molar-refractivity contribution in [2.24, 2.45) is 11.7 Å². The number of nitrogens with two attached hydrogens (primary N) is 1. The molecule has 0 heterocycles. The molecule has 16 nitrogen and oxygen atoms in total. The van der Waals surface area contributed by atoms with Crippen LogP contribution in [0.4, 0.5) is 0 Å². The highest BCUT2D eigenvalue weighted by Crippen LogP contribution is 2.37. The molecule has 3 amide bonds. The summed E-state index contributed by atoms with van der Waals surface area (Å²) in [6.07, 6.45) is -1.43. The van der Waals surface area contributed by atoms with Gasteiger partial charge >= 0.3 is 19.8 Å². The number of carboxylic acid groups (broad SMARTS) is 2. The van der Waals surface area contributed by atoms with E-state index in [4.69, 9.17) is 25.7 Å². The fraction of sp³-hybridized carbons (Fsp3) is 0.478. The lowest BCUT2D eigenvalue weighted by Gasteiger charge is -2.25. The standard InChI is InChI=1S/C23H33N4O12P/c1-12(2)18(11-28)27-23(35)17(9-13-3-5-14(6-4-13)39-40(36,37)38)26-22(34)16(7-8-19(29)30)25-21(33)15(24)10-20(31)32/h3-6,11-12,15-18H,7-10,24H2,1-2H3,(H,25,33)(H,26,34)(H,27,35)(H,29,30)(H,31,32)(H2,36,37,38)/t15-,16-,17-,18+/m0/s1. The number of rotatable bonds is 17. The van der Waals surface area contributed by atoms with E-state index in [0.717, 1.165) is 0 Å². The number of hydrogen-bond donors (Lipinski definition) is 8. The van der Waals surface area contributed by atoms with Crippen LogP contribution in [0.15, 0.2) is 24.3 Å². The van der Waals surface area contributed by atoms with E-state index in [1.807, 2.05) is 0 Å². The van der Waals surface area contributed by atoms with Crippen molar-refractivity contribution in [3.63, 3.8) is 0 Å². The van der Waals surface area contributed by atoms with Crippen molar-refractivity contribution in [1.82, 2.24) is 16.0 Å². The number of carboxylic acids is 2. The molecule has 4 atom stereocenters. The maximum Gasteiger partial charge on any atom is 0.524 e. The monoisotopic (exact) mass is 588 g/mol. The third kappa shape index (κ3) is 12.8. The number of amides is 3. The predicted molar refractivity (Wildman–Crippen MR) is 137 cm³/mol. The number of carbonyl (C=O) groups is 6. The van der Waals surface area contributed by atoms with Crippen molar-refractivity contribution in [2.45, 2.75) is 63.7 Å². The molecule has 1 aromatic rings. The molecule has 0 unspecified atom stereocenters. The number of carbonyl (C=O) groups excluding carboxylic acids is 4. The van der Waals surface area contributed by atoms with Crippen LogP contribution in [0.2, 0.25) is 0 Å². The highest BCUT2D eigenvalue weighted by atomic mass is 31.2. The fourth-order valence-corrected chi connectivity index (χ4v) is 3.66. The van der Waals surface area contributed by atoms with E-state index in [2.05, 4.69) is 20.5 Å². The smallest absolute Gasteiger partial charge is 0.481 e. The van der Waals surface area contributed by atoms with Crippen LogP contribution in [-0.2, 0) is 39.8 Å². The van der Waals surface area contributed by atoms with Crippen LogP contribution in [0.3, 0.4) is 0 Å². The Morgan fingerprint density at radius 3 is 1.95 bits per heavy atom. The van der Waals surface area contributed by atoms with Crippen molar-refractivity contribution in [2.75, 3.05) is 0 Å². The van der Waals surface area contributed by atoms with Gasteiger partial charge in [-0.3, -0.25) is 33.8 Å². The van der Waals surface area contributed by atoms with E-state index in [1.165, 1.54) is 24.3 Å². The van der Waals surface area contributed by atoms with E-state index in [0.29, 0.717) is 11.8 Å². The zero-order chi connectivity index (χ0) is 30.6. The molecule has 0 radical (unpaired) electrons. The van der Waals surface area contributed by atoms with Crippen LogP contribution < -0.4 is 26.2 Å². The van der Waals surface area contributed by atoms with Crippen molar-refractivity contribution >= 4 is 43.8 Å². The van der Waals surface area contributed by atoms with E-state index in [9.17, 15) is 33.3 Å². The van der Waals surface area contributed by atoms with E-state index < -0.39 is 80.9 Å². The Morgan fingerprint density at radius 1 is 0.925 bits per heavy atom. The minimum Gasteiger partial charge on any atom is -0.481 e. The summed E-state index contributed by atoms with van der Waals surface area (Å²) in [5.74, 6) is -5.95. The van der Waals surface area contributed by atoms with E-state index >= 15 is 0 Å². The number of aldehydes is 1. The van der Waals surface area contributed by atoms with Crippen molar-refractivity contribution in [3.8, 4) is 5.75 Å². The van der Waals surface area contributed by atoms with Crippen LogP contribution in [-0.4, -0.2) is 80.1 Å². The van der Waals surface area contributed by atoms with Crippen LogP contribution in [0.25, 0.3) is 0 Å². The zero-order valence-electron chi connectivity index (χ0n) is 21.7. The maximum atomic E-state index is 13.1. The Hall–Kier alpha value is -3.85. The average Bonchev–Trinajstić information content (AvgIpc) is 2.83. The number of aliphatic carboxylic acids is 2. The molecule has 0 saturated carbocycles. The zero-order valence-corrected chi connectivity index (χ0v) is 22.6. The molecule has 0 fully saturated rings. The van der Waals surface area contributed by atoms with Gasteiger partial charge in [0.25, 0.3) is 0 Å². The predicted octanol–water partition coefficient (Wildman–Crippen LogP) is -1.32. The molecule has 0 spiro atoms. The first-order chi connectivity index (χ1) is 18.5. The summed E-state index contributed by atoms with van der Waals surface area (Å²) >= 11 is 0. The Kier molecular flexibility index (Phi) is 13.4. The van der Waals surface area contributed by atoms with Crippen molar-refractivity contribution in [1.29, 1.82) is 0 Å². The third-order valence-corrected chi connectivity index (χ3v) is 5.85. The number of nitrogens with one attached hydrogen (secondary N) is 3. The maximum absolute atomic E-state index is 13.1. The average molecular weight is 589 g/mol. The summed E-state index contributed by atoms with van der Waals surface area (Å²) in [5.41, 5.74) is 5.92. The summed E-state index contributed by atoms with van der Waals surface area (Å²) in [4.78, 5) is 89.8. The number of benzene rings is 1. The molecule has 0 bridgehead atoms. The SMILES string of the molecule is CC(C)[C@@H](C=O)NC(=O)[C@H](Cc1ccc(OP(=O)(O)O)cc1)NC(=O)[C@H](CCC(=O)O)NC(=O)[C@@H](N)CC(=O)O. The van der Waals surface area contributed by atoms with Gasteiger partial charge in [0.2, 0.25) is 17.7 Å². The topological polar surface area (TPSA) is 272 Å². The minimum atomic E-state index is -4.82. The van der Waals surface area contributed by atoms with Gasteiger partial charge in [0, 0.05) is 12.8 Å². The second-order valence-corrected chi connectivity index (χ2v) is 10.3. The summed E-state index contributed by atoms with van der Waals surface area (Å²) < 4.78 is 15.5.